The normalized spacial score (nSPS) is 10.2. The summed E-state index contributed by atoms with van der Waals surface area (Å²) in [5, 5.41) is 1.17. The van der Waals surface area contributed by atoms with Gasteiger partial charge in [-0.1, -0.05) is 118 Å². The Morgan fingerprint density at radius 3 is 1.17 bits per heavy atom. The summed E-state index contributed by atoms with van der Waals surface area (Å²) in [6.45, 7) is 1.17. The summed E-state index contributed by atoms with van der Waals surface area (Å²) in [6, 6.07) is 15.1. The molecule has 48 heavy (non-hydrogen) atoms. The second-order valence-corrected chi connectivity index (χ2v) is 13.9. The second kappa shape index (κ2) is 36.7. The number of halogens is 4. The monoisotopic (exact) mass is 1010 g/mol. The SMILES string of the molecule is C[n+]1cccc(CCCCCCCCCCCCBr)c1.C[n+]1cccc(CCCCCCCCCCCC[n+]2ccccc2)c1.[Br-].[I-].[I-]. The van der Waals surface area contributed by atoms with Crippen molar-refractivity contribution in [3.05, 3.63) is 90.8 Å². The fourth-order valence-electron chi connectivity index (χ4n) is 6.05. The zero-order valence-electron chi connectivity index (χ0n) is 30.3. The Bertz CT molecular complexity index is 1090. The van der Waals surface area contributed by atoms with E-state index in [0.29, 0.717) is 0 Å². The van der Waals surface area contributed by atoms with E-state index in [4.69, 9.17) is 0 Å². The van der Waals surface area contributed by atoms with Gasteiger partial charge >= 0.3 is 0 Å². The molecule has 7 heteroatoms. The van der Waals surface area contributed by atoms with E-state index in [2.05, 4.69) is 123 Å². The molecule has 0 aliphatic rings. The molecule has 3 aromatic rings. The summed E-state index contributed by atoms with van der Waals surface area (Å²) in [6.07, 6.45) is 43.5. The standard InChI is InChI=1S/C23H36N2.C18H31BrN.BrH.2HI/c1-24-18-15-17-23(22-24)16-11-8-6-4-2-3-5-7-9-12-19-25-20-13-10-14-21-25;1-20-16-12-14-18(17-20)13-10-8-6-4-2-3-5-7-9-11-15-19;;;/h10,13-15,17-18,20-22H,2-9,11-12,16,19H2,1H3;12,14,16-17H,2-11,13,15H2,1H3;3*1H/q+2;+1;;;/p-3. The summed E-state index contributed by atoms with van der Waals surface area (Å²) in [7, 11) is 4.20. The summed E-state index contributed by atoms with van der Waals surface area (Å²) < 4.78 is 6.58. The van der Waals surface area contributed by atoms with Crippen LogP contribution in [0.15, 0.2) is 79.6 Å². The number of alkyl halides is 1. The van der Waals surface area contributed by atoms with Gasteiger partial charge in [0.2, 0.25) is 0 Å². The minimum atomic E-state index is 0. The Morgan fingerprint density at radius 2 is 0.792 bits per heavy atom. The molecule has 0 radical (unpaired) electrons. The first-order chi connectivity index (χ1) is 22.2. The molecule has 0 N–H and O–H groups in total. The molecular weight excluding hydrogens is 948 g/mol. The Balaban J connectivity index is 0. The quantitative estimate of drug-likeness (QED) is 0.0526. The van der Waals surface area contributed by atoms with E-state index in [0.717, 1.165) is 0 Å². The van der Waals surface area contributed by atoms with Crippen molar-refractivity contribution in [2.24, 2.45) is 14.1 Å². The molecule has 0 spiro atoms. The third-order valence-corrected chi connectivity index (χ3v) is 9.32. The highest BCUT2D eigenvalue weighted by Crippen LogP contribution is 2.13. The maximum atomic E-state index is 3.49. The fraction of sp³-hybridized carbons (Fsp3) is 0.634. The van der Waals surface area contributed by atoms with Crippen molar-refractivity contribution in [1.29, 1.82) is 0 Å². The first-order valence-corrected chi connectivity index (χ1v) is 19.7. The minimum absolute atomic E-state index is 0. The van der Waals surface area contributed by atoms with E-state index in [1.807, 2.05) is 0 Å². The third kappa shape index (κ3) is 29.6. The van der Waals surface area contributed by atoms with Crippen LogP contribution in [-0.4, -0.2) is 5.33 Å². The van der Waals surface area contributed by atoms with Gasteiger partial charge in [-0.05, 0) is 50.7 Å². The molecule has 3 heterocycles. The molecule has 0 bridgehead atoms. The van der Waals surface area contributed by atoms with Crippen LogP contribution in [0, 0.1) is 0 Å². The molecule has 0 saturated carbocycles. The van der Waals surface area contributed by atoms with Gasteiger partial charge in [0.25, 0.3) is 0 Å². The average Bonchev–Trinajstić information content (AvgIpc) is 3.05. The van der Waals surface area contributed by atoms with Gasteiger partial charge in [-0.3, -0.25) is 0 Å². The summed E-state index contributed by atoms with van der Waals surface area (Å²) >= 11 is 3.49. The number of pyridine rings is 3. The molecule has 0 amide bonds. The van der Waals surface area contributed by atoms with Gasteiger partial charge in [0.05, 0.1) is 0 Å². The lowest BCUT2D eigenvalue weighted by molar-refractivity contribution is -0.697. The van der Waals surface area contributed by atoms with Gasteiger partial charge in [0.1, 0.15) is 20.6 Å². The first-order valence-electron chi connectivity index (χ1n) is 18.6. The van der Waals surface area contributed by atoms with Crippen molar-refractivity contribution >= 4 is 15.9 Å². The van der Waals surface area contributed by atoms with E-state index in [1.165, 1.54) is 164 Å². The maximum Gasteiger partial charge on any atom is 0.171 e. The molecule has 3 rings (SSSR count). The first kappa shape index (κ1) is 50.0. The number of hydrogen-bond donors (Lipinski definition) is 0. The predicted octanol–water partition coefficient (Wildman–Crippen LogP) is 1.30. The average molecular weight is 1020 g/mol. The number of aromatic nitrogens is 3. The predicted molar refractivity (Wildman–Crippen MR) is 195 cm³/mol. The molecule has 0 fully saturated rings. The van der Waals surface area contributed by atoms with Crippen molar-refractivity contribution in [2.75, 3.05) is 5.33 Å². The van der Waals surface area contributed by atoms with Crippen molar-refractivity contribution in [1.82, 2.24) is 0 Å². The maximum absolute atomic E-state index is 3.49. The van der Waals surface area contributed by atoms with E-state index in [-0.39, 0.29) is 64.9 Å². The topological polar surface area (TPSA) is 11.6 Å². The highest BCUT2D eigenvalue weighted by atomic mass is 127. The Hall–Kier alpha value is -0.130. The molecule has 0 aromatic carbocycles. The number of nitrogens with zero attached hydrogens (tertiary/aromatic N) is 3. The molecule has 0 aliphatic heterocycles. The Kier molecular flexibility index (Phi) is 38.2. The van der Waals surface area contributed by atoms with Crippen molar-refractivity contribution in [3.63, 3.8) is 0 Å². The van der Waals surface area contributed by atoms with Crippen LogP contribution in [-0.2, 0) is 33.5 Å². The second-order valence-electron chi connectivity index (χ2n) is 13.1. The van der Waals surface area contributed by atoms with Crippen LogP contribution in [0.25, 0.3) is 0 Å². The zero-order chi connectivity index (χ0) is 32.0. The number of unbranched alkanes of at least 4 members (excludes halogenated alkanes) is 18. The van der Waals surface area contributed by atoms with Crippen LogP contribution < -0.4 is 78.6 Å². The lowest BCUT2D eigenvalue weighted by Crippen LogP contribution is -3.00. The molecular formula is C41H67Br2I2N3. The zero-order valence-corrected chi connectivity index (χ0v) is 37.8. The number of rotatable bonds is 25. The van der Waals surface area contributed by atoms with Crippen LogP contribution in [0.5, 0.6) is 0 Å². The largest absolute Gasteiger partial charge is 1.00 e. The number of hydrogen-bond acceptors (Lipinski definition) is 0. The molecule has 0 unspecified atom stereocenters. The lowest BCUT2D eigenvalue weighted by atomic mass is 10.0. The van der Waals surface area contributed by atoms with Crippen LogP contribution in [0.3, 0.4) is 0 Å². The van der Waals surface area contributed by atoms with E-state index in [1.54, 1.807) is 0 Å². The van der Waals surface area contributed by atoms with Crippen LogP contribution >= 0.6 is 15.9 Å². The third-order valence-electron chi connectivity index (χ3n) is 8.76. The molecule has 3 nitrogen and oxygen atoms in total. The molecule has 0 atom stereocenters. The van der Waals surface area contributed by atoms with Gasteiger partial charge in [-0.25, -0.2) is 13.7 Å². The molecule has 274 valence electrons. The molecule has 0 saturated heterocycles. The Labute approximate surface area is 349 Å². The van der Waals surface area contributed by atoms with Gasteiger partial charge < -0.3 is 64.9 Å². The minimum Gasteiger partial charge on any atom is -1.00 e. The van der Waals surface area contributed by atoms with E-state index in [9.17, 15) is 0 Å². The van der Waals surface area contributed by atoms with Gasteiger partial charge in [0, 0.05) is 47.1 Å². The van der Waals surface area contributed by atoms with Crippen LogP contribution in [0.2, 0.25) is 0 Å². The van der Waals surface area contributed by atoms with Crippen molar-refractivity contribution in [2.45, 2.75) is 148 Å². The van der Waals surface area contributed by atoms with E-state index >= 15 is 0 Å². The summed E-state index contributed by atoms with van der Waals surface area (Å²) in [5.41, 5.74) is 2.94. The highest BCUT2D eigenvalue weighted by Gasteiger charge is 2.01. The molecule has 0 aliphatic carbocycles. The fourth-order valence-corrected chi connectivity index (χ4v) is 6.45. The van der Waals surface area contributed by atoms with Crippen molar-refractivity contribution < 1.29 is 78.6 Å². The lowest BCUT2D eigenvalue weighted by Gasteiger charge is -2.03. The van der Waals surface area contributed by atoms with Gasteiger partial charge in [-0.2, -0.15) is 0 Å². The number of aryl methyl sites for hydroxylation is 5. The molecule has 3 aromatic heterocycles. The summed E-state index contributed by atoms with van der Waals surface area (Å²) in [4.78, 5) is 0. The highest BCUT2D eigenvalue weighted by molar-refractivity contribution is 9.09. The van der Waals surface area contributed by atoms with Crippen molar-refractivity contribution in [3.8, 4) is 0 Å². The van der Waals surface area contributed by atoms with E-state index < -0.39 is 0 Å². The van der Waals surface area contributed by atoms with Crippen LogP contribution in [0.4, 0.5) is 0 Å². The van der Waals surface area contributed by atoms with Gasteiger partial charge in [0.15, 0.2) is 37.2 Å². The van der Waals surface area contributed by atoms with Gasteiger partial charge in [-0.15, -0.1) is 0 Å². The summed E-state index contributed by atoms with van der Waals surface area (Å²) in [5.74, 6) is 0. The van der Waals surface area contributed by atoms with Crippen LogP contribution in [0.1, 0.15) is 140 Å². The Morgan fingerprint density at radius 1 is 0.438 bits per heavy atom. The smallest absolute Gasteiger partial charge is 0.171 e.